The summed E-state index contributed by atoms with van der Waals surface area (Å²) in [5.41, 5.74) is 3.41. The van der Waals surface area contributed by atoms with Crippen molar-refractivity contribution in [3.05, 3.63) is 41.7 Å². The molecule has 3 rings (SSSR count). The molecule has 0 aliphatic carbocycles. The van der Waals surface area contributed by atoms with Crippen LogP contribution in [0.25, 0.3) is 11.2 Å². The lowest BCUT2D eigenvalue weighted by atomic mass is 10.1. The van der Waals surface area contributed by atoms with Crippen molar-refractivity contribution in [2.24, 2.45) is 0 Å². The molecule has 0 bridgehead atoms. The van der Waals surface area contributed by atoms with Crippen LogP contribution in [0.3, 0.4) is 0 Å². The van der Waals surface area contributed by atoms with Gasteiger partial charge in [-0.1, -0.05) is 46.8 Å². The van der Waals surface area contributed by atoms with Gasteiger partial charge in [-0.3, -0.25) is 4.79 Å². The third-order valence-electron chi connectivity index (χ3n) is 3.36. The van der Waals surface area contributed by atoms with Gasteiger partial charge in [-0.05, 0) is 19.4 Å². The van der Waals surface area contributed by atoms with Gasteiger partial charge in [-0.25, -0.2) is 14.6 Å². The van der Waals surface area contributed by atoms with E-state index < -0.39 is 11.2 Å². The first-order valence-electron chi connectivity index (χ1n) is 7.04. The number of aliphatic carboxylic acids is 1. The number of nitrogens with zero attached hydrogens (tertiary/aromatic N) is 5. The van der Waals surface area contributed by atoms with Crippen LogP contribution in [0.4, 0.5) is 0 Å². The van der Waals surface area contributed by atoms with Crippen molar-refractivity contribution < 1.29 is 9.90 Å². The van der Waals surface area contributed by atoms with Gasteiger partial charge in [0.05, 0.1) is 6.54 Å². The van der Waals surface area contributed by atoms with Gasteiger partial charge < -0.3 is 5.11 Å². The molecule has 0 amide bonds. The van der Waals surface area contributed by atoms with E-state index in [4.69, 9.17) is 5.11 Å². The van der Waals surface area contributed by atoms with Crippen molar-refractivity contribution in [2.75, 3.05) is 0 Å². The van der Waals surface area contributed by atoms with Gasteiger partial charge in [0.15, 0.2) is 11.2 Å². The topological polar surface area (TPSA) is 93.8 Å². The van der Waals surface area contributed by atoms with Gasteiger partial charge in [0, 0.05) is 0 Å². The van der Waals surface area contributed by atoms with E-state index in [0.717, 1.165) is 17.3 Å². The second-order valence-corrected chi connectivity index (χ2v) is 6.51. The molecule has 1 N–H and O–H groups in total. The van der Waals surface area contributed by atoms with Gasteiger partial charge in [0.25, 0.3) is 0 Å². The molecule has 0 radical (unpaired) electrons. The minimum atomic E-state index is -0.895. The number of carboxylic acid groups (broad SMARTS) is 1. The number of hydrogen-bond donors (Lipinski definition) is 1. The van der Waals surface area contributed by atoms with E-state index in [2.05, 4.69) is 20.3 Å². The van der Waals surface area contributed by atoms with Crippen molar-refractivity contribution in [1.82, 2.24) is 25.0 Å². The molecule has 23 heavy (non-hydrogen) atoms. The summed E-state index contributed by atoms with van der Waals surface area (Å²) in [6, 6.07) is 8.15. The smallest absolute Gasteiger partial charge is 0.316 e. The number of aromatic nitrogens is 5. The zero-order chi connectivity index (χ0) is 16.4. The number of aryl methyl sites for hydroxylation is 1. The Morgan fingerprint density at radius 2 is 2.04 bits per heavy atom. The van der Waals surface area contributed by atoms with Crippen LogP contribution in [0.5, 0.6) is 0 Å². The Bertz CT molecular complexity index is 847. The summed E-state index contributed by atoms with van der Waals surface area (Å²) in [6.07, 6.45) is 1.41. The fourth-order valence-electron chi connectivity index (χ4n) is 2.05. The maximum absolute atomic E-state index is 11.0. The number of fused-ring (bicyclic) bond motifs is 1. The average Bonchev–Trinajstić information content (AvgIpc) is 2.94. The lowest BCUT2D eigenvalue weighted by Gasteiger charge is -2.05. The molecule has 0 saturated heterocycles. The molecule has 0 saturated carbocycles. The van der Waals surface area contributed by atoms with Crippen LogP contribution in [-0.2, 0) is 11.3 Å². The number of carboxylic acids is 1. The first-order chi connectivity index (χ1) is 11.0. The van der Waals surface area contributed by atoms with Crippen LogP contribution < -0.4 is 0 Å². The van der Waals surface area contributed by atoms with Crippen molar-refractivity contribution in [3.8, 4) is 0 Å². The van der Waals surface area contributed by atoms with Crippen molar-refractivity contribution in [2.45, 2.75) is 30.7 Å². The Hall–Kier alpha value is -2.48. The maximum Gasteiger partial charge on any atom is 0.316 e. The second kappa shape index (κ2) is 6.33. The Labute approximate surface area is 136 Å². The molecular weight excluding hydrogens is 314 g/mol. The summed E-state index contributed by atoms with van der Waals surface area (Å²) in [5, 5.41) is 17.2. The molecule has 0 spiro atoms. The molecule has 0 aliphatic heterocycles. The predicted octanol–water partition coefficient (Wildman–Crippen LogP) is 2.14. The first kappa shape index (κ1) is 15.4. The van der Waals surface area contributed by atoms with Crippen molar-refractivity contribution in [1.29, 1.82) is 0 Å². The van der Waals surface area contributed by atoms with E-state index in [1.54, 1.807) is 11.6 Å². The summed E-state index contributed by atoms with van der Waals surface area (Å²) < 4.78 is 1.69. The van der Waals surface area contributed by atoms with Gasteiger partial charge in [-0.2, -0.15) is 0 Å². The van der Waals surface area contributed by atoms with Gasteiger partial charge in [0.1, 0.15) is 16.6 Å². The standard InChI is InChI=1S/C15H15N5O2S/c1-9-3-5-11(6-4-9)7-20-13-12(18-19-20)14(17-8-16-13)23-10(2)15(21)22/h3-6,8,10H,7H2,1-2H3,(H,21,22). The van der Waals surface area contributed by atoms with Crippen molar-refractivity contribution in [3.63, 3.8) is 0 Å². The van der Waals surface area contributed by atoms with E-state index >= 15 is 0 Å². The van der Waals surface area contributed by atoms with E-state index in [0.29, 0.717) is 22.7 Å². The minimum Gasteiger partial charge on any atom is -0.480 e. The summed E-state index contributed by atoms with van der Waals surface area (Å²) >= 11 is 1.14. The normalized spacial score (nSPS) is 12.4. The van der Waals surface area contributed by atoms with Crippen LogP contribution in [0.15, 0.2) is 35.6 Å². The molecule has 118 valence electrons. The third-order valence-corrected chi connectivity index (χ3v) is 4.43. The Kier molecular flexibility index (Phi) is 4.24. The van der Waals surface area contributed by atoms with E-state index in [1.165, 1.54) is 11.9 Å². The van der Waals surface area contributed by atoms with Crippen LogP contribution in [0.1, 0.15) is 18.1 Å². The average molecular weight is 329 g/mol. The molecule has 2 aromatic heterocycles. The quantitative estimate of drug-likeness (QED) is 0.566. The molecule has 0 aliphatic rings. The molecule has 2 heterocycles. The molecule has 0 fully saturated rings. The highest BCUT2D eigenvalue weighted by Gasteiger charge is 2.18. The predicted molar refractivity (Wildman–Crippen MR) is 86.4 cm³/mol. The molecule has 8 heteroatoms. The lowest BCUT2D eigenvalue weighted by molar-refractivity contribution is -0.136. The van der Waals surface area contributed by atoms with E-state index in [1.807, 2.05) is 31.2 Å². The molecule has 1 aromatic carbocycles. The molecule has 1 atom stereocenters. The fourth-order valence-corrected chi connectivity index (χ4v) is 2.84. The highest BCUT2D eigenvalue weighted by atomic mass is 32.2. The minimum absolute atomic E-state index is 0.526. The second-order valence-electron chi connectivity index (χ2n) is 5.18. The zero-order valence-corrected chi connectivity index (χ0v) is 13.5. The summed E-state index contributed by atoms with van der Waals surface area (Å²) in [5.74, 6) is -0.895. The van der Waals surface area contributed by atoms with Gasteiger partial charge in [-0.15, -0.1) is 5.10 Å². The lowest BCUT2D eigenvalue weighted by Crippen LogP contribution is -2.11. The Morgan fingerprint density at radius 1 is 1.30 bits per heavy atom. The van der Waals surface area contributed by atoms with Crippen molar-refractivity contribution >= 4 is 28.9 Å². The summed E-state index contributed by atoms with van der Waals surface area (Å²) in [7, 11) is 0. The zero-order valence-electron chi connectivity index (χ0n) is 12.7. The number of carbonyl (C=O) groups is 1. The van der Waals surface area contributed by atoms with E-state index in [9.17, 15) is 4.79 Å². The van der Waals surface area contributed by atoms with Crippen LogP contribution in [0, 0.1) is 6.92 Å². The summed E-state index contributed by atoms with van der Waals surface area (Å²) in [6.45, 7) is 4.19. The maximum atomic E-state index is 11.0. The molecule has 1 unspecified atom stereocenters. The largest absolute Gasteiger partial charge is 0.480 e. The summed E-state index contributed by atoms with van der Waals surface area (Å²) in [4.78, 5) is 19.4. The number of rotatable bonds is 5. The van der Waals surface area contributed by atoms with Crippen LogP contribution in [-0.4, -0.2) is 41.3 Å². The molecule has 7 nitrogen and oxygen atoms in total. The fraction of sp³-hybridized carbons (Fsp3) is 0.267. The van der Waals surface area contributed by atoms with E-state index in [-0.39, 0.29) is 0 Å². The van der Waals surface area contributed by atoms with Crippen LogP contribution in [0.2, 0.25) is 0 Å². The van der Waals surface area contributed by atoms with Gasteiger partial charge in [0.2, 0.25) is 0 Å². The van der Waals surface area contributed by atoms with Crippen LogP contribution >= 0.6 is 11.8 Å². The third kappa shape index (κ3) is 3.31. The number of hydrogen-bond acceptors (Lipinski definition) is 6. The Balaban J connectivity index is 1.91. The molecular formula is C15H15N5O2S. The highest BCUT2D eigenvalue weighted by Crippen LogP contribution is 2.26. The Morgan fingerprint density at radius 3 is 2.74 bits per heavy atom. The highest BCUT2D eigenvalue weighted by molar-refractivity contribution is 8.00. The number of benzene rings is 1. The number of thioether (sulfide) groups is 1. The first-order valence-corrected chi connectivity index (χ1v) is 7.92. The molecule has 3 aromatic rings. The van der Waals surface area contributed by atoms with Gasteiger partial charge >= 0.3 is 5.97 Å². The monoisotopic (exact) mass is 329 g/mol. The SMILES string of the molecule is Cc1ccc(Cn2nnc3c(SC(C)C(=O)O)ncnc32)cc1.